The molecule has 19 heavy (non-hydrogen) atoms. The van der Waals surface area contributed by atoms with Crippen molar-refractivity contribution in [2.45, 2.75) is 45.1 Å². The molecule has 2 N–H and O–H groups in total. The van der Waals surface area contributed by atoms with Gasteiger partial charge in [-0.3, -0.25) is 0 Å². The van der Waals surface area contributed by atoms with Crippen molar-refractivity contribution >= 4 is 11.4 Å². The maximum absolute atomic E-state index is 5.94. The maximum Gasteiger partial charge on any atom is 0.122 e. The molecule has 1 fully saturated rings. The number of methoxy groups -OCH3 is 1. The Labute approximate surface area is 116 Å². The number of nitrogens with zero attached hydrogens (tertiary/aromatic N) is 1. The zero-order valence-corrected chi connectivity index (χ0v) is 12.4. The SMILES string of the molecule is CCC1CCC(N(C)c2cc(N)cc(OC)c2)CC1. The molecule has 0 aromatic heterocycles. The Morgan fingerprint density at radius 3 is 2.47 bits per heavy atom. The summed E-state index contributed by atoms with van der Waals surface area (Å²) in [5.74, 6) is 1.77. The highest BCUT2D eigenvalue weighted by atomic mass is 16.5. The zero-order chi connectivity index (χ0) is 13.8. The van der Waals surface area contributed by atoms with Gasteiger partial charge in [-0.15, -0.1) is 0 Å². The summed E-state index contributed by atoms with van der Waals surface area (Å²) in [7, 11) is 3.86. The minimum absolute atomic E-state index is 0.634. The predicted octanol–water partition coefficient (Wildman–Crippen LogP) is 3.68. The summed E-state index contributed by atoms with van der Waals surface area (Å²) in [4.78, 5) is 2.37. The molecule has 0 aliphatic heterocycles. The van der Waals surface area contributed by atoms with Crippen LogP contribution in [0.4, 0.5) is 11.4 Å². The average molecular weight is 262 g/mol. The Hall–Kier alpha value is -1.38. The van der Waals surface area contributed by atoms with Gasteiger partial charge in [-0.25, -0.2) is 0 Å². The molecule has 0 bridgehead atoms. The van der Waals surface area contributed by atoms with Crippen LogP contribution in [0.25, 0.3) is 0 Å². The van der Waals surface area contributed by atoms with E-state index in [0.29, 0.717) is 6.04 Å². The van der Waals surface area contributed by atoms with Crippen LogP contribution >= 0.6 is 0 Å². The van der Waals surface area contributed by atoms with E-state index in [1.54, 1.807) is 7.11 Å². The lowest BCUT2D eigenvalue weighted by molar-refractivity contribution is 0.313. The summed E-state index contributed by atoms with van der Waals surface area (Å²) in [5, 5.41) is 0. The summed E-state index contributed by atoms with van der Waals surface area (Å²) in [6, 6.07) is 6.61. The monoisotopic (exact) mass is 262 g/mol. The van der Waals surface area contributed by atoms with E-state index in [1.165, 1.54) is 32.1 Å². The highest BCUT2D eigenvalue weighted by Crippen LogP contribution is 2.33. The van der Waals surface area contributed by atoms with Gasteiger partial charge in [0.1, 0.15) is 5.75 Å². The van der Waals surface area contributed by atoms with Crippen molar-refractivity contribution < 1.29 is 4.74 Å². The summed E-state index contributed by atoms with van der Waals surface area (Å²) in [6.07, 6.45) is 6.59. The minimum atomic E-state index is 0.634. The van der Waals surface area contributed by atoms with Crippen LogP contribution in [0.3, 0.4) is 0 Å². The highest BCUT2D eigenvalue weighted by molar-refractivity contribution is 5.60. The Bertz CT molecular complexity index is 411. The van der Waals surface area contributed by atoms with Crippen molar-refractivity contribution in [3.8, 4) is 5.75 Å². The van der Waals surface area contributed by atoms with Crippen molar-refractivity contribution in [1.29, 1.82) is 0 Å². The van der Waals surface area contributed by atoms with Crippen molar-refractivity contribution in [1.82, 2.24) is 0 Å². The van der Waals surface area contributed by atoms with Gasteiger partial charge < -0.3 is 15.4 Å². The standard InChI is InChI=1S/C16H26N2O/c1-4-12-5-7-14(8-6-12)18(2)15-9-13(17)10-16(11-15)19-3/h9-12,14H,4-8,17H2,1-3H3. The normalized spacial score (nSPS) is 23.1. The Morgan fingerprint density at radius 1 is 1.21 bits per heavy atom. The van der Waals surface area contributed by atoms with Gasteiger partial charge in [0.25, 0.3) is 0 Å². The van der Waals surface area contributed by atoms with Gasteiger partial charge in [0.05, 0.1) is 7.11 Å². The van der Waals surface area contributed by atoms with Crippen molar-refractivity contribution in [2.24, 2.45) is 5.92 Å². The zero-order valence-electron chi connectivity index (χ0n) is 12.4. The van der Waals surface area contributed by atoms with Gasteiger partial charge in [0.15, 0.2) is 0 Å². The molecule has 0 unspecified atom stereocenters. The second kappa shape index (κ2) is 6.18. The number of hydrogen-bond donors (Lipinski definition) is 1. The summed E-state index contributed by atoms with van der Waals surface area (Å²) in [6.45, 7) is 2.30. The predicted molar refractivity (Wildman–Crippen MR) is 81.8 cm³/mol. The fraction of sp³-hybridized carbons (Fsp3) is 0.625. The Balaban J connectivity index is 2.07. The molecule has 0 heterocycles. The number of nitrogen functional groups attached to an aromatic ring is 1. The number of anilines is 2. The highest BCUT2D eigenvalue weighted by Gasteiger charge is 2.23. The van der Waals surface area contributed by atoms with Crippen LogP contribution in [0.1, 0.15) is 39.0 Å². The van der Waals surface area contributed by atoms with E-state index in [-0.39, 0.29) is 0 Å². The lowest BCUT2D eigenvalue weighted by atomic mass is 9.84. The fourth-order valence-electron chi connectivity index (χ4n) is 3.08. The van der Waals surface area contributed by atoms with Crippen LogP contribution in [-0.4, -0.2) is 20.2 Å². The Kier molecular flexibility index (Phi) is 4.56. The Morgan fingerprint density at radius 2 is 1.89 bits per heavy atom. The minimum Gasteiger partial charge on any atom is -0.497 e. The van der Waals surface area contributed by atoms with E-state index in [2.05, 4.69) is 24.9 Å². The van der Waals surface area contributed by atoms with E-state index in [4.69, 9.17) is 10.5 Å². The molecule has 0 radical (unpaired) electrons. The second-order valence-corrected chi connectivity index (χ2v) is 5.66. The third-order valence-electron chi connectivity index (χ3n) is 4.50. The quantitative estimate of drug-likeness (QED) is 0.841. The van der Waals surface area contributed by atoms with Crippen LogP contribution < -0.4 is 15.4 Å². The molecule has 3 heteroatoms. The molecule has 0 atom stereocenters. The smallest absolute Gasteiger partial charge is 0.122 e. The van der Waals surface area contributed by atoms with Gasteiger partial charge in [0.2, 0.25) is 0 Å². The van der Waals surface area contributed by atoms with Gasteiger partial charge in [-0.1, -0.05) is 13.3 Å². The third kappa shape index (κ3) is 3.34. The molecule has 106 valence electrons. The van der Waals surface area contributed by atoms with Crippen LogP contribution in [0.15, 0.2) is 18.2 Å². The molecule has 1 saturated carbocycles. The number of nitrogens with two attached hydrogens (primary N) is 1. The lowest BCUT2D eigenvalue weighted by Gasteiger charge is -2.36. The first kappa shape index (κ1) is 14.0. The van der Waals surface area contributed by atoms with Crippen LogP contribution in [0.5, 0.6) is 5.75 Å². The summed E-state index contributed by atoms with van der Waals surface area (Å²) < 4.78 is 5.30. The van der Waals surface area contributed by atoms with Crippen LogP contribution in [0, 0.1) is 5.92 Å². The molecule has 2 rings (SSSR count). The molecule has 0 saturated heterocycles. The number of ether oxygens (including phenoxy) is 1. The molecule has 1 aliphatic rings. The van der Waals surface area contributed by atoms with Gasteiger partial charge in [-0.2, -0.15) is 0 Å². The average Bonchev–Trinajstić information content (AvgIpc) is 2.46. The van der Waals surface area contributed by atoms with Crippen LogP contribution in [-0.2, 0) is 0 Å². The number of hydrogen-bond acceptors (Lipinski definition) is 3. The number of benzene rings is 1. The number of rotatable bonds is 4. The van der Waals surface area contributed by atoms with Crippen molar-refractivity contribution in [3.05, 3.63) is 18.2 Å². The third-order valence-corrected chi connectivity index (χ3v) is 4.50. The molecule has 1 aromatic carbocycles. The maximum atomic E-state index is 5.94. The molecular formula is C16H26N2O. The molecule has 3 nitrogen and oxygen atoms in total. The van der Waals surface area contributed by atoms with Crippen molar-refractivity contribution in [3.63, 3.8) is 0 Å². The first-order valence-electron chi connectivity index (χ1n) is 7.31. The lowest BCUT2D eigenvalue weighted by Crippen LogP contribution is -2.35. The van der Waals surface area contributed by atoms with Crippen molar-refractivity contribution in [2.75, 3.05) is 24.8 Å². The van der Waals surface area contributed by atoms with E-state index in [0.717, 1.165) is 23.0 Å². The molecular weight excluding hydrogens is 236 g/mol. The van der Waals surface area contributed by atoms with Gasteiger partial charge in [-0.05, 0) is 37.7 Å². The first-order chi connectivity index (χ1) is 9.13. The van der Waals surface area contributed by atoms with Gasteiger partial charge >= 0.3 is 0 Å². The van der Waals surface area contributed by atoms with Crippen LogP contribution in [0.2, 0.25) is 0 Å². The first-order valence-corrected chi connectivity index (χ1v) is 7.31. The topological polar surface area (TPSA) is 38.5 Å². The van der Waals surface area contributed by atoms with E-state index >= 15 is 0 Å². The van der Waals surface area contributed by atoms with Gasteiger partial charge in [0, 0.05) is 36.6 Å². The summed E-state index contributed by atoms with van der Waals surface area (Å²) in [5.41, 5.74) is 7.87. The van der Waals surface area contributed by atoms with E-state index in [9.17, 15) is 0 Å². The van der Waals surface area contributed by atoms with E-state index < -0.39 is 0 Å². The summed E-state index contributed by atoms with van der Waals surface area (Å²) >= 11 is 0. The second-order valence-electron chi connectivity index (χ2n) is 5.66. The largest absolute Gasteiger partial charge is 0.497 e. The molecule has 0 amide bonds. The molecule has 1 aliphatic carbocycles. The molecule has 1 aromatic rings. The fourth-order valence-corrected chi connectivity index (χ4v) is 3.08. The van der Waals surface area contributed by atoms with E-state index in [1.807, 2.05) is 12.1 Å². The molecule has 0 spiro atoms.